The van der Waals surface area contributed by atoms with Crippen LogP contribution in [0, 0.1) is 5.82 Å². The minimum absolute atomic E-state index is 0.137. The van der Waals surface area contributed by atoms with E-state index in [1.54, 1.807) is 12.1 Å². The molecule has 0 aromatic heterocycles. The molecule has 1 nitrogen and oxygen atoms in total. The lowest BCUT2D eigenvalue weighted by molar-refractivity contribution is 0.249. The molecule has 0 amide bonds. The average molecular weight is 235 g/mol. The first-order valence-electron chi connectivity index (χ1n) is 6.74. The summed E-state index contributed by atoms with van der Waals surface area (Å²) in [5.74, 6) is -0.137. The van der Waals surface area contributed by atoms with Crippen LogP contribution in [-0.4, -0.2) is 13.1 Å². The highest BCUT2D eigenvalue weighted by atomic mass is 19.1. The zero-order valence-electron chi connectivity index (χ0n) is 10.6. The van der Waals surface area contributed by atoms with E-state index in [9.17, 15) is 4.39 Å². The molecule has 1 aliphatic rings. The van der Waals surface area contributed by atoms with E-state index < -0.39 is 0 Å². The molecule has 1 aromatic carbocycles. The van der Waals surface area contributed by atoms with Crippen LogP contribution in [-0.2, 0) is 5.41 Å². The Balaban J connectivity index is 1.96. The van der Waals surface area contributed by atoms with Crippen LogP contribution >= 0.6 is 0 Å². The summed E-state index contributed by atoms with van der Waals surface area (Å²) < 4.78 is 12.9. The van der Waals surface area contributed by atoms with Crippen molar-refractivity contribution < 1.29 is 4.39 Å². The fourth-order valence-electron chi connectivity index (χ4n) is 2.65. The summed E-state index contributed by atoms with van der Waals surface area (Å²) in [4.78, 5) is 0. The van der Waals surface area contributed by atoms with E-state index in [1.807, 2.05) is 12.1 Å². The van der Waals surface area contributed by atoms with Gasteiger partial charge in [-0.15, -0.1) is 0 Å². The van der Waals surface area contributed by atoms with Gasteiger partial charge >= 0.3 is 0 Å². The van der Waals surface area contributed by atoms with E-state index in [0.29, 0.717) is 0 Å². The van der Waals surface area contributed by atoms with Crippen molar-refractivity contribution in [3.05, 3.63) is 35.6 Å². The Morgan fingerprint density at radius 3 is 2.35 bits per heavy atom. The molecule has 0 spiro atoms. The van der Waals surface area contributed by atoms with Gasteiger partial charge in [-0.2, -0.15) is 0 Å². The van der Waals surface area contributed by atoms with Gasteiger partial charge in [0.2, 0.25) is 0 Å². The third-order valence-corrected chi connectivity index (χ3v) is 3.89. The van der Waals surface area contributed by atoms with Crippen molar-refractivity contribution >= 4 is 0 Å². The molecule has 0 radical (unpaired) electrons. The number of unbranched alkanes of at least 4 members (excludes halogenated alkanes) is 3. The lowest BCUT2D eigenvalue weighted by Crippen LogP contribution is -2.56. The maximum atomic E-state index is 12.9. The van der Waals surface area contributed by atoms with Gasteiger partial charge in [0, 0.05) is 18.5 Å². The highest BCUT2D eigenvalue weighted by Crippen LogP contribution is 2.34. The topological polar surface area (TPSA) is 12.0 Å². The molecule has 94 valence electrons. The highest BCUT2D eigenvalue weighted by molar-refractivity contribution is 5.29. The maximum Gasteiger partial charge on any atom is 0.123 e. The summed E-state index contributed by atoms with van der Waals surface area (Å²) in [5, 5.41) is 3.36. The Morgan fingerprint density at radius 2 is 1.82 bits per heavy atom. The van der Waals surface area contributed by atoms with Gasteiger partial charge in [0.05, 0.1) is 0 Å². The molecule has 0 unspecified atom stereocenters. The number of halogens is 1. The van der Waals surface area contributed by atoms with Crippen LogP contribution in [0.2, 0.25) is 0 Å². The van der Waals surface area contributed by atoms with Crippen molar-refractivity contribution in [3.8, 4) is 0 Å². The number of rotatable bonds is 6. The van der Waals surface area contributed by atoms with Crippen molar-refractivity contribution in [3.63, 3.8) is 0 Å². The third-order valence-electron chi connectivity index (χ3n) is 3.89. The molecule has 0 saturated carbocycles. The molecule has 1 aliphatic heterocycles. The molecule has 2 heteroatoms. The smallest absolute Gasteiger partial charge is 0.123 e. The lowest BCUT2D eigenvalue weighted by Gasteiger charge is -2.43. The predicted molar refractivity (Wildman–Crippen MR) is 69.7 cm³/mol. The molecular weight excluding hydrogens is 213 g/mol. The van der Waals surface area contributed by atoms with E-state index in [4.69, 9.17) is 0 Å². The van der Waals surface area contributed by atoms with Crippen molar-refractivity contribution in [2.75, 3.05) is 13.1 Å². The first kappa shape index (κ1) is 12.6. The monoisotopic (exact) mass is 235 g/mol. The summed E-state index contributed by atoms with van der Waals surface area (Å²) in [5.41, 5.74) is 1.58. The average Bonchev–Trinajstić information content (AvgIpc) is 2.29. The summed E-state index contributed by atoms with van der Waals surface area (Å²) in [6.07, 6.45) is 6.44. The van der Waals surface area contributed by atoms with Crippen LogP contribution in [0.25, 0.3) is 0 Å². The number of hydrogen-bond acceptors (Lipinski definition) is 1. The van der Waals surface area contributed by atoms with Gasteiger partial charge < -0.3 is 5.32 Å². The second-order valence-corrected chi connectivity index (χ2v) is 5.20. The summed E-state index contributed by atoms with van der Waals surface area (Å²) in [7, 11) is 0. The third kappa shape index (κ3) is 2.86. The standard InChI is InChI=1S/C15H22FN/c1-2-3-4-5-10-15(11-17-12-15)13-6-8-14(16)9-7-13/h6-9,17H,2-5,10-12H2,1H3. The zero-order chi connectivity index (χ0) is 12.1. The van der Waals surface area contributed by atoms with Gasteiger partial charge in [-0.25, -0.2) is 4.39 Å². The SMILES string of the molecule is CCCCCCC1(c2ccc(F)cc2)CNC1. The molecule has 0 atom stereocenters. The van der Waals surface area contributed by atoms with E-state index in [1.165, 1.54) is 37.7 Å². The molecule has 0 aliphatic carbocycles. The van der Waals surface area contributed by atoms with Gasteiger partial charge in [-0.1, -0.05) is 44.7 Å². The van der Waals surface area contributed by atoms with Gasteiger partial charge in [0.15, 0.2) is 0 Å². The molecular formula is C15H22FN. The number of nitrogens with one attached hydrogen (secondary N) is 1. The van der Waals surface area contributed by atoms with Crippen LogP contribution < -0.4 is 5.32 Å². The van der Waals surface area contributed by atoms with Crippen molar-refractivity contribution in [1.82, 2.24) is 5.32 Å². The van der Waals surface area contributed by atoms with Gasteiger partial charge in [0.1, 0.15) is 5.82 Å². The number of benzene rings is 1. The van der Waals surface area contributed by atoms with Crippen LogP contribution in [0.1, 0.15) is 44.6 Å². The summed E-state index contributed by atoms with van der Waals surface area (Å²) >= 11 is 0. The minimum atomic E-state index is -0.137. The summed E-state index contributed by atoms with van der Waals surface area (Å²) in [6.45, 7) is 4.33. The maximum absolute atomic E-state index is 12.9. The fraction of sp³-hybridized carbons (Fsp3) is 0.600. The number of hydrogen-bond donors (Lipinski definition) is 1. The Kier molecular flexibility index (Phi) is 4.16. The van der Waals surface area contributed by atoms with E-state index >= 15 is 0 Å². The van der Waals surface area contributed by atoms with Crippen molar-refractivity contribution in [2.45, 2.75) is 44.4 Å². The largest absolute Gasteiger partial charge is 0.315 e. The Hall–Kier alpha value is -0.890. The Labute approximate surface area is 103 Å². The molecule has 0 bridgehead atoms. The molecule has 1 N–H and O–H groups in total. The Bertz CT molecular complexity index is 340. The summed E-state index contributed by atoms with van der Waals surface area (Å²) in [6, 6.07) is 7.08. The van der Waals surface area contributed by atoms with E-state index in [2.05, 4.69) is 12.2 Å². The fourth-order valence-corrected chi connectivity index (χ4v) is 2.65. The van der Waals surface area contributed by atoms with Crippen LogP contribution in [0.3, 0.4) is 0 Å². The normalized spacial score (nSPS) is 17.8. The lowest BCUT2D eigenvalue weighted by atomic mass is 9.71. The van der Waals surface area contributed by atoms with Crippen LogP contribution in [0.4, 0.5) is 4.39 Å². The predicted octanol–water partition coefficient (Wildman–Crippen LogP) is 3.64. The van der Waals surface area contributed by atoms with Crippen LogP contribution in [0.15, 0.2) is 24.3 Å². The quantitative estimate of drug-likeness (QED) is 0.742. The first-order valence-corrected chi connectivity index (χ1v) is 6.74. The molecule has 17 heavy (non-hydrogen) atoms. The first-order chi connectivity index (χ1) is 8.27. The van der Waals surface area contributed by atoms with Gasteiger partial charge in [-0.05, 0) is 24.1 Å². The second kappa shape index (κ2) is 5.63. The minimum Gasteiger partial charge on any atom is -0.315 e. The molecule has 1 fully saturated rings. The van der Waals surface area contributed by atoms with Gasteiger partial charge in [0.25, 0.3) is 0 Å². The van der Waals surface area contributed by atoms with Crippen LogP contribution in [0.5, 0.6) is 0 Å². The molecule has 1 aromatic rings. The molecule has 2 rings (SSSR count). The molecule has 1 heterocycles. The molecule has 1 saturated heterocycles. The van der Waals surface area contributed by atoms with Crippen molar-refractivity contribution in [1.29, 1.82) is 0 Å². The zero-order valence-corrected chi connectivity index (χ0v) is 10.6. The van der Waals surface area contributed by atoms with Gasteiger partial charge in [-0.3, -0.25) is 0 Å². The highest BCUT2D eigenvalue weighted by Gasteiger charge is 2.37. The van der Waals surface area contributed by atoms with E-state index in [-0.39, 0.29) is 11.2 Å². The van der Waals surface area contributed by atoms with E-state index in [0.717, 1.165) is 13.1 Å². The van der Waals surface area contributed by atoms with Crippen molar-refractivity contribution in [2.24, 2.45) is 0 Å². The second-order valence-electron chi connectivity index (χ2n) is 5.20. The Morgan fingerprint density at radius 1 is 1.12 bits per heavy atom.